The third-order valence-electron chi connectivity index (χ3n) is 7.10. The molecule has 2 aliphatic heterocycles. The van der Waals surface area contributed by atoms with Crippen LogP contribution < -0.4 is 15.1 Å². The van der Waals surface area contributed by atoms with E-state index in [0.717, 1.165) is 87.1 Å². The van der Waals surface area contributed by atoms with Crippen LogP contribution >= 0.6 is 11.3 Å². The highest BCUT2D eigenvalue weighted by atomic mass is 32.1. The number of anilines is 3. The van der Waals surface area contributed by atoms with Crippen molar-refractivity contribution in [3.63, 3.8) is 0 Å². The zero-order valence-corrected chi connectivity index (χ0v) is 22.3. The lowest BCUT2D eigenvalue weighted by Crippen LogP contribution is -2.40. The van der Waals surface area contributed by atoms with E-state index >= 15 is 0 Å². The van der Waals surface area contributed by atoms with Gasteiger partial charge in [0.25, 0.3) is 11.9 Å². The minimum absolute atomic E-state index is 0.254. The molecule has 2 saturated heterocycles. The number of benzene rings is 1. The second-order valence-corrected chi connectivity index (χ2v) is 10.6. The third kappa shape index (κ3) is 5.38. The van der Waals surface area contributed by atoms with E-state index in [2.05, 4.69) is 30.3 Å². The summed E-state index contributed by atoms with van der Waals surface area (Å²) in [4.78, 5) is 29.3. The predicted octanol–water partition coefficient (Wildman–Crippen LogP) is 3.69. The Morgan fingerprint density at radius 1 is 1.16 bits per heavy atom. The summed E-state index contributed by atoms with van der Waals surface area (Å²) in [7, 11) is 2.00. The van der Waals surface area contributed by atoms with Gasteiger partial charge in [-0.1, -0.05) is 0 Å². The third-order valence-corrected chi connectivity index (χ3v) is 7.99. The van der Waals surface area contributed by atoms with Gasteiger partial charge in [-0.2, -0.15) is 10.1 Å². The lowest BCUT2D eigenvalue weighted by Gasteiger charge is -2.30. The highest BCUT2D eigenvalue weighted by Crippen LogP contribution is 2.35. The Hall–Kier alpha value is -3.48. The van der Waals surface area contributed by atoms with Crippen LogP contribution in [0.2, 0.25) is 0 Å². The highest BCUT2D eigenvalue weighted by molar-refractivity contribution is 7.13. The van der Waals surface area contributed by atoms with E-state index in [1.54, 1.807) is 17.8 Å². The predicted molar refractivity (Wildman–Crippen MR) is 148 cm³/mol. The Kier molecular flexibility index (Phi) is 7.25. The lowest BCUT2D eigenvalue weighted by molar-refractivity contribution is 0.0392. The monoisotopic (exact) mass is 536 g/mol. The van der Waals surface area contributed by atoms with Crippen molar-refractivity contribution < 1.29 is 13.9 Å². The topological polar surface area (TPSA) is 116 Å². The van der Waals surface area contributed by atoms with Gasteiger partial charge in [-0.15, -0.1) is 11.3 Å². The molecule has 3 aromatic heterocycles. The number of oxazole rings is 1. The second kappa shape index (κ2) is 11.1. The molecular weight excluding hydrogens is 504 g/mol. The molecule has 0 saturated carbocycles. The number of carbonyl (C=O) groups is 1. The molecule has 2 N–H and O–H groups in total. The van der Waals surface area contributed by atoms with Gasteiger partial charge in [-0.05, 0) is 25.3 Å². The van der Waals surface area contributed by atoms with Crippen LogP contribution in [0.1, 0.15) is 29.8 Å². The average molecular weight is 537 g/mol. The minimum Gasteiger partial charge on any atom is -0.423 e. The van der Waals surface area contributed by atoms with Gasteiger partial charge in [-0.25, -0.2) is 4.98 Å². The lowest BCUT2D eigenvalue weighted by atomic mass is 10.1. The number of piperidine rings is 1. The maximum absolute atomic E-state index is 13.2. The summed E-state index contributed by atoms with van der Waals surface area (Å²) in [5, 5.41) is 12.4. The van der Waals surface area contributed by atoms with E-state index in [-0.39, 0.29) is 5.91 Å². The van der Waals surface area contributed by atoms with Crippen LogP contribution in [0.15, 0.2) is 34.3 Å². The molecule has 2 fully saturated rings. The molecule has 0 atom stereocenters. The number of hydrogen-bond acceptors (Lipinski definition) is 10. The number of carbonyl (C=O) groups excluding carboxylic acids is 1. The number of nitrogens with zero attached hydrogens (tertiary/aromatic N) is 6. The van der Waals surface area contributed by atoms with Crippen molar-refractivity contribution in [3.05, 3.63) is 35.6 Å². The fourth-order valence-electron chi connectivity index (χ4n) is 4.89. The molecule has 5 heterocycles. The maximum atomic E-state index is 13.2. The standard InChI is InChI=1S/C26H32N8O3S/c1-32(7-8-33-9-11-36-12-10-33)26-31-20-13-22(34-5-3-2-4-6-34)19(14-23(20)37-26)29-24(35)21-17-38-25(30-21)18-15-27-28-16-18/h13-17H,2-12H2,1H3,(H,27,28)(H,29,35). The minimum atomic E-state index is -0.254. The first kappa shape index (κ1) is 24.8. The van der Waals surface area contributed by atoms with E-state index in [1.165, 1.54) is 17.8 Å². The zero-order valence-electron chi connectivity index (χ0n) is 21.5. The van der Waals surface area contributed by atoms with E-state index in [4.69, 9.17) is 14.1 Å². The van der Waals surface area contributed by atoms with Crippen molar-refractivity contribution in [2.45, 2.75) is 19.3 Å². The Labute approximate surface area is 224 Å². The average Bonchev–Trinajstić information content (AvgIpc) is 3.73. The van der Waals surface area contributed by atoms with Crippen molar-refractivity contribution in [3.8, 4) is 10.6 Å². The van der Waals surface area contributed by atoms with Crippen LogP contribution in [0.4, 0.5) is 17.4 Å². The number of amides is 1. The molecule has 1 amide bonds. The maximum Gasteiger partial charge on any atom is 0.298 e. The summed E-state index contributed by atoms with van der Waals surface area (Å²) in [5.41, 5.74) is 4.33. The van der Waals surface area contributed by atoms with Crippen LogP contribution in [-0.2, 0) is 4.74 Å². The number of nitrogens with one attached hydrogen (secondary N) is 2. The fourth-order valence-corrected chi connectivity index (χ4v) is 5.67. The molecule has 200 valence electrons. The van der Waals surface area contributed by atoms with Crippen LogP contribution in [0.25, 0.3) is 21.7 Å². The zero-order chi connectivity index (χ0) is 25.9. The second-order valence-electron chi connectivity index (χ2n) is 9.74. The van der Waals surface area contributed by atoms with E-state index in [9.17, 15) is 4.79 Å². The number of aromatic amines is 1. The summed E-state index contributed by atoms with van der Waals surface area (Å²) in [6.45, 7) is 7.08. The number of fused-ring (bicyclic) bond motifs is 1. The van der Waals surface area contributed by atoms with Crippen LogP contribution in [-0.4, -0.2) is 90.5 Å². The Morgan fingerprint density at radius 2 is 2.00 bits per heavy atom. The summed E-state index contributed by atoms with van der Waals surface area (Å²) >= 11 is 1.42. The molecule has 0 spiro atoms. The molecule has 11 nitrogen and oxygen atoms in total. The van der Waals surface area contributed by atoms with Crippen LogP contribution in [0.5, 0.6) is 0 Å². The Morgan fingerprint density at radius 3 is 2.79 bits per heavy atom. The van der Waals surface area contributed by atoms with Crippen molar-refractivity contribution in [1.82, 2.24) is 25.1 Å². The summed E-state index contributed by atoms with van der Waals surface area (Å²) in [6, 6.07) is 4.51. The summed E-state index contributed by atoms with van der Waals surface area (Å²) in [5.74, 6) is -0.254. The number of likely N-dealkylation sites (N-methyl/N-ethyl adjacent to an activating group) is 1. The molecular formula is C26H32N8O3S. The quantitative estimate of drug-likeness (QED) is 0.348. The van der Waals surface area contributed by atoms with Gasteiger partial charge in [0.2, 0.25) is 0 Å². The molecule has 2 aliphatic rings. The van der Waals surface area contributed by atoms with Gasteiger partial charge in [0, 0.05) is 69.5 Å². The molecule has 38 heavy (non-hydrogen) atoms. The molecule has 6 rings (SSSR count). The SMILES string of the molecule is CN(CCN1CCOCC1)c1nc2cc(N3CCCCC3)c(NC(=O)c3csc(-c4cn[nH]c4)n3)cc2o1. The van der Waals surface area contributed by atoms with Crippen molar-refractivity contribution >= 4 is 45.7 Å². The van der Waals surface area contributed by atoms with Gasteiger partial charge in [0.1, 0.15) is 16.2 Å². The largest absolute Gasteiger partial charge is 0.423 e. The highest BCUT2D eigenvalue weighted by Gasteiger charge is 2.22. The van der Waals surface area contributed by atoms with Gasteiger partial charge in [0.05, 0.1) is 30.8 Å². The fraction of sp³-hybridized carbons (Fsp3) is 0.462. The number of H-pyrrole nitrogens is 1. The van der Waals surface area contributed by atoms with Gasteiger partial charge in [0.15, 0.2) is 5.58 Å². The summed E-state index contributed by atoms with van der Waals surface area (Å²) in [6.07, 6.45) is 6.93. The van der Waals surface area contributed by atoms with Crippen molar-refractivity contribution in [2.75, 3.05) is 74.6 Å². The first-order valence-corrected chi connectivity index (χ1v) is 14.0. The molecule has 1 aromatic carbocycles. The first-order chi connectivity index (χ1) is 18.6. The number of thiazole rings is 1. The first-order valence-electron chi connectivity index (χ1n) is 13.1. The van der Waals surface area contributed by atoms with Crippen LogP contribution in [0.3, 0.4) is 0 Å². The molecule has 0 aliphatic carbocycles. The van der Waals surface area contributed by atoms with Crippen LogP contribution in [0, 0.1) is 0 Å². The normalized spacial score (nSPS) is 16.7. The van der Waals surface area contributed by atoms with E-state index in [0.29, 0.717) is 23.0 Å². The van der Waals surface area contributed by atoms with Gasteiger partial charge >= 0.3 is 0 Å². The number of aromatic nitrogens is 4. The van der Waals surface area contributed by atoms with E-state index < -0.39 is 0 Å². The van der Waals surface area contributed by atoms with Gasteiger partial charge in [-0.3, -0.25) is 14.8 Å². The number of ether oxygens (including phenoxy) is 1. The number of rotatable bonds is 8. The summed E-state index contributed by atoms with van der Waals surface area (Å²) < 4.78 is 11.6. The van der Waals surface area contributed by atoms with Crippen molar-refractivity contribution in [2.24, 2.45) is 0 Å². The smallest absolute Gasteiger partial charge is 0.298 e. The molecule has 12 heteroatoms. The van der Waals surface area contributed by atoms with E-state index in [1.807, 2.05) is 24.1 Å². The Bertz CT molecular complexity index is 1370. The molecule has 0 radical (unpaired) electrons. The number of hydrogen-bond donors (Lipinski definition) is 2. The molecule has 4 aromatic rings. The number of morpholine rings is 1. The van der Waals surface area contributed by atoms with Crippen molar-refractivity contribution in [1.29, 1.82) is 0 Å². The molecule has 0 unspecified atom stereocenters. The molecule has 0 bridgehead atoms. The van der Waals surface area contributed by atoms with Gasteiger partial charge < -0.3 is 24.3 Å². The Balaban J connectivity index is 1.24.